The molecule has 1 aromatic carbocycles. The maximum Gasteiger partial charge on any atom is 0.240 e. The third-order valence-corrected chi connectivity index (χ3v) is 3.96. The molecule has 0 aliphatic heterocycles. The number of nitrogens with zero attached hydrogens (tertiary/aromatic N) is 4. The number of carbonyl (C=O) groups excluding carboxylic acids is 1. The predicted octanol–water partition coefficient (Wildman–Crippen LogP) is 0.825. The third kappa shape index (κ3) is 3.09. The number of benzene rings is 1. The minimum absolute atomic E-state index is 0.119. The lowest BCUT2D eigenvalue weighted by molar-refractivity contribution is -0.131. The van der Waals surface area contributed by atoms with Crippen LogP contribution in [0.5, 0.6) is 0 Å². The van der Waals surface area contributed by atoms with E-state index in [0.29, 0.717) is 13.0 Å². The Labute approximate surface area is 134 Å². The van der Waals surface area contributed by atoms with Crippen LogP contribution in [0.2, 0.25) is 0 Å². The number of nitrogens with one attached hydrogen (secondary N) is 1. The molecule has 1 atom stereocenters. The summed E-state index contributed by atoms with van der Waals surface area (Å²) in [6, 6.07) is 7.16. The fraction of sp³-hybridized carbons (Fsp3) is 0.312. The number of fused-ring (bicyclic) bond motifs is 1. The van der Waals surface area contributed by atoms with E-state index in [1.165, 1.54) is 0 Å². The zero-order valence-electron chi connectivity index (χ0n) is 13.2. The van der Waals surface area contributed by atoms with Crippen molar-refractivity contribution in [2.24, 2.45) is 12.8 Å². The first kappa shape index (κ1) is 15.2. The fourth-order valence-electron chi connectivity index (χ4n) is 2.60. The van der Waals surface area contributed by atoms with Crippen LogP contribution >= 0.6 is 0 Å². The molecule has 1 amide bonds. The number of amides is 1. The van der Waals surface area contributed by atoms with Crippen molar-refractivity contribution >= 4 is 16.8 Å². The lowest BCUT2D eigenvalue weighted by Gasteiger charge is -2.20. The van der Waals surface area contributed by atoms with Gasteiger partial charge in [0.25, 0.3) is 0 Å². The van der Waals surface area contributed by atoms with E-state index >= 15 is 0 Å². The molecule has 0 aliphatic carbocycles. The van der Waals surface area contributed by atoms with Crippen LogP contribution in [0.25, 0.3) is 10.9 Å². The predicted molar refractivity (Wildman–Crippen MR) is 87.5 cm³/mol. The summed E-state index contributed by atoms with van der Waals surface area (Å²) in [5.41, 5.74) is 7.86. The first-order chi connectivity index (χ1) is 11.1. The van der Waals surface area contributed by atoms with Gasteiger partial charge in [0.1, 0.15) is 5.82 Å². The molecule has 3 rings (SSSR count). The smallest absolute Gasteiger partial charge is 0.240 e. The largest absolute Gasteiger partial charge is 0.337 e. The normalized spacial score (nSPS) is 12.5. The summed E-state index contributed by atoms with van der Waals surface area (Å²) in [6.07, 6.45) is 3.98. The number of likely N-dealkylation sites (N-methyl/N-ethyl adjacent to an activating group) is 1. The van der Waals surface area contributed by atoms with Crippen molar-refractivity contribution in [3.05, 3.63) is 48.2 Å². The molecular formula is C16H20N6O. The number of imidazole rings is 1. The Morgan fingerprint density at radius 1 is 1.43 bits per heavy atom. The summed E-state index contributed by atoms with van der Waals surface area (Å²) >= 11 is 0. The first-order valence-electron chi connectivity index (χ1n) is 7.45. The highest BCUT2D eigenvalue weighted by molar-refractivity contribution is 5.84. The van der Waals surface area contributed by atoms with Crippen LogP contribution in [0.4, 0.5) is 0 Å². The second-order valence-electron chi connectivity index (χ2n) is 5.68. The number of aryl methyl sites for hydroxylation is 1. The van der Waals surface area contributed by atoms with Gasteiger partial charge in [-0.3, -0.25) is 9.89 Å². The molecule has 2 heterocycles. The lowest BCUT2D eigenvalue weighted by Crippen LogP contribution is -2.43. The van der Waals surface area contributed by atoms with E-state index < -0.39 is 6.04 Å². The Morgan fingerprint density at radius 2 is 2.22 bits per heavy atom. The van der Waals surface area contributed by atoms with Crippen LogP contribution in [0.3, 0.4) is 0 Å². The minimum atomic E-state index is -0.621. The molecule has 7 nitrogen and oxygen atoms in total. The molecule has 0 saturated heterocycles. The summed E-state index contributed by atoms with van der Waals surface area (Å²) in [6.45, 7) is 0.430. The van der Waals surface area contributed by atoms with Gasteiger partial charge < -0.3 is 15.2 Å². The number of carbonyl (C=O) groups is 1. The van der Waals surface area contributed by atoms with Gasteiger partial charge in [0.2, 0.25) is 5.91 Å². The minimum Gasteiger partial charge on any atom is -0.337 e. The van der Waals surface area contributed by atoms with Crippen LogP contribution in [0, 0.1) is 0 Å². The Kier molecular flexibility index (Phi) is 4.12. The molecule has 0 spiro atoms. The summed E-state index contributed by atoms with van der Waals surface area (Å²) < 4.78 is 1.89. The molecule has 2 aromatic heterocycles. The van der Waals surface area contributed by atoms with Crippen molar-refractivity contribution < 1.29 is 4.79 Å². The van der Waals surface area contributed by atoms with E-state index in [-0.39, 0.29) is 5.91 Å². The van der Waals surface area contributed by atoms with Crippen molar-refractivity contribution in [1.82, 2.24) is 24.6 Å². The topological polar surface area (TPSA) is 92.8 Å². The Hall–Kier alpha value is -2.67. The zero-order valence-corrected chi connectivity index (χ0v) is 13.2. The highest BCUT2D eigenvalue weighted by Crippen LogP contribution is 2.16. The molecule has 0 aliphatic rings. The van der Waals surface area contributed by atoms with Gasteiger partial charge in [-0.05, 0) is 6.07 Å². The molecule has 0 bridgehead atoms. The zero-order chi connectivity index (χ0) is 16.4. The van der Waals surface area contributed by atoms with Gasteiger partial charge in [0.15, 0.2) is 0 Å². The van der Waals surface area contributed by atoms with Crippen LogP contribution in [0.1, 0.15) is 11.5 Å². The molecule has 3 aromatic rings. The molecule has 3 N–H and O–H groups in total. The average molecular weight is 312 g/mol. The maximum absolute atomic E-state index is 12.5. The van der Waals surface area contributed by atoms with Crippen molar-refractivity contribution in [2.45, 2.75) is 19.0 Å². The molecule has 0 radical (unpaired) electrons. The van der Waals surface area contributed by atoms with E-state index in [1.807, 2.05) is 42.1 Å². The van der Waals surface area contributed by atoms with Crippen molar-refractivity contribution in [2.75, 3.05) is 7.05 Å². The quantitative estimate of drug-likeness (QED) is 0.729. The van der Waals surface area contributed by atoms with E-state index in [4.69, 9.17) is 5.73 Å². The fourth-order valence-corrected chi connectivity index (χ4v) is 2.60. The molecular weight excluding hydrogens is 292 g/mol. The average Bonchev–Trinajstić information content (AvgIpc) is 3.14. The van der Waals surface area contributed by atoms with E-state index in [1.54, 1.807) is 18.1 Å². The van der Waals surface area contributed by atoms with Gasteiger partial charge in [0, 0.05) is 44.0 Å². The SMILES string of the molecule is CN(Cc1nccn1C)C(=O)C(N)Cc1[nH]nc2ccccc12. The Morgan fingerprint density at radius 3 is 2.96 bits per heavy atom. The molecule has 120 valence electrons. The molecule has 7 heteroatoms. The van der Waals surface area contributed by atoms with Gasteiger partial charge in [-0.2, -0.15) is 5.10 Å². The second kappa shape index (κ2) is 6.21. The van der Waals surface area contributed by atoms with Gasteiger partial charge in [-0.25, -0.2) is 4.98 Å². The highest BCUT2D eigenvalue weighted by atomic mass is 16.2. The first-order valence-corrected chi connectivity index (χ1v) is 7.45. The summed E-state index contributed by atoms with van der Waals surface area (Å²) in [5, 5.41) is 8.21. The van der Waals surface area contributed by atoms with Crippen LogP contribution in [0.15, 0.2) is 36.7 Å². The van der Waals surface area contributed by atoms with Gasteiger partial charge in [-0.1, -0.05) is 18.2 Å². The summed E-state index contributed by atoms with van der Waals surface area (Å²) in [7, 11) is 3.64. The molecule has 1 unspecified atom stereocenters. The summed E-state index contributed by atoms with van der Waals surface area (Å²) in [4.78, 5) is 18.3. The Balaban J connectivity index is 1.68. The summed E-state index contributed by atoms with van der Waals surface area (Å²) in [5.74, 6) is 0.701. The van der Waals surface area contributed by atoms with Crippen molar-refractivity contribution in [3.63, 3.8) is 0 Å². The van der Waals surface area contributed by atoms with Crippen LogP contribution in [-0.4, -0.2) is 43.6 Å². The van der Waals surface area contributed by atoms with Gasteiger partial charge >= 0.3 is 0 Å². The monoisotopic (exact) mass is 312 g/mol. The highest BCUT2D eigenvalue weighted by Gasteiger charge is 2.21. The number of hydrogen-bond acceptors (Lipinski definition) is 4. The number of aromatic amines is 1. The number of nitrogens with two attached hydrogens (primary N) is 1. The van der Waals surface area contributed by atoms with Gasteiger partial charge in [0.05, 0.1) is 18.1 Å². The number of hydrogen-bond donors (Lipinski definition) is 2. The van der Waals surface area contributed by atoms with Crippen molar-refractivity contribution in [3.8, 4) is 0 Å². The third-order valence-electron chi connectivity index (χ3n) is 3.96. The van der Waals surface area contributed by atoms with Crippen LogP contribution in [-0.2, 0) is 24.8 Å². The van der Waals surface area contributed by atoms with Crippen LogP contribution < -0.4 is 5.73 Å². The molecule has 0 fully saturated rings. The van der Waals surface area contributed by atoms with E-state index in [0.717, 1.165) is 22.4 Å². The number of para-hydroxylation sites is 1. The standard InChI is InChI=1S/C16H20N6O/c1-21-8-7-18-15(21)10-22(2)16(23)12(17)9-14-11-5-3-4-6-13(11)19-20-14/h3-8,12H,9-10,17H2,1-2H3,(H,19,20). The van der Waals surface area contributed by atoms with E-state index in [2.05, 4.69) is 15.2 Å². The number of aromatic nitrogens is 4. The second-order valence-corrected chi connectivity index (χ2v) is 5.68. The molecule has 0 saturated carbocycles. The van der Waals surface area contributed by atoms with E-state index in [9.17, 15) is 4.79 Å². The Bertz CT molecular complexity index is 821. The maximum atomic E-state index is 12.5. The number of rotatable bonds is 5. The van der Waals surface area contributed by atoms with Crippen molar-refractivity contribution in [1.29, 1.82) is 0 Å². The molecule has 23 heavy (non-hydrogen) atoms. The van der Waals surface area contributed by atoms with Gasteiger partial charge in [-0.15, -0.1) is 0 Å². The lowest BCUT2D eigenvalue weighted by atomic mass is 10.1. The number of H-pyrrole nitrogens is 1.